The van der Waals surface area contributed by atoms with E-state index in [2.05, 4.69) is 0 Å². The zero-order valence-corrected chi connectivity index (χ0v) is 10.9. The Bertz CT molecular complexity index is 6.85. The van der Waals surface area contributed by atoms with Crippen molar-refractivity contribution in [2.75, 3.05) is 0 Å². The van der Waals surface area contributed by atoms with Gasteiger partial charge in [0.15, 0.2) is 0 Å². The first kappa shape index (κ1) is 53.6. The number of rotatable bonds is 0. The van der Waals surface area contributed by atoms with E-state index in [4.69, 9.17) is 0 Å². The first-order valence-corrected chi connectivity index (χ1v) is 0. The molecule has 0 amide bonds. The number of hydrogen-bond acceptors (Lipinski definition) is 0. The molecular weight excluding hydrogens is 341 g/mol. The molecule has 0 bridgehead atoms. The van der Waals surface area contributed by atoms with Crippen LogP contribution in [0.4, 0.5) is 0 Å². The molecule has 0 N–H and O–H groups in total. The van der Waals surface area contributed by atoms with Crippen LogP contribution in [0.15, 0.2) is 0 Å². The Morgan fingerprint density at radius 3 is 0.600 bits per heavy atom. The predicted molar refractivity (Wildman–Crippen MR) is 2.79 cm³/mol. The third-order valence-electron chi connectivity index (χ3n) is 0. The van der Waals surface area contributed by atoms with E-state index in [-0.39, 0.29) is 82.8 Å². The Morgan fingerprint density at radius 2 is 0.600 bits per heavy atom. The van der Waals surface area contributed by atoms with Crippen molar-refractivity contribution in [3.63, 3.8) is 0 Å². The Morgan fingerprint density at radius 1 is 0.600 bits per heavy atom. The van der Waals surface area contributed by atoms with Gasteiger partial charge in [-0.2, -0.15) is 0 Å². The Labute approximate surface area is 81.9 Å². The molecule has 0 fully saturated rings. The van der Waals surface area contributed by atoms with Gasteiger partial charge in [0, 0.05) is 0 Å². The van der Waals surface area contributed by atoms with Crippen molar-refractivity contribution in [1.29, 1.82) is 0 Å². The van der Waals surface area contributed by atoms with Crippen LogP contribution in [-0.4, -0.2) is 0 Å². The SMILES string of the molecule is [Br-].[Br-].[Br-].[ClH2+].[Zn+2]. The second-order valence-corrected chi connectivity index (χ2v) is 0. The normalized spacial score (nSPS) is 0. The van der Waals surface area contributed by atoms with Gasteiger partial charge >= 0.3 is 19.5 Å². The standard InChI is InChI=1S/3BrH.ClH2.Zn/h3*1H;1H2;/q;;;+1;+2/p-3. The van der Waals surface area contributed by atoms with Crippen molar-refractivity contribution in [1.82, 2.24) is 0 Å². The Kier molecular flexibility index (Phi) is 352. The maximum absolute atomic E-state index is 0. The molecule has 0 unspecified atom stereocenters. The summed E-state index contributed by atoms with van der Waals surface area (Å²) in [6.45, 7) is 0. The Hall–Kier alpha value is 2.35. The average Bonchev–Trinajstić information content (AvgIpc) is 0. The van der Waals surface area contributed by atoms with Crippen molar-refractivity contribution < 1.29 is 82.8 Å². The zero-order chi connectivity index (χ0) is 0. The minimum atomic E-state index is 0. The maximum atomic E-state index is 0. The molecule has 0 saturated heterocycles. The summed E-state index contributed by atoms with van der Waals surface area (Å²) in [7, 11) is 0. The van der Waals surface area contributed by atoms with Crippen LogP contribution in [0.2, 0.25) is 0 Å². The maximum Gasteiger partial charge on any atom is 2.00 e. The molecular formula is H2Br3ClZn. The number of halogens is 4. The molecule has 0 rings (SSSR count). The molecule has 32 valence electrons. The van der Waals surface area contributed by atoms with Crippen molar-refractivity contribution >= 4 is 0 Å². The molecule has 0 atom stereocenters. The molecule has 0 spiro atoms. The van der Waals surface area contributed by atoms with Gasteiger partial charge in [0.25, 0.3) is 0 Å². The largest absolute Gasteiger partial charge is 2.00 e. The summed E-state index contributed by atoms with van der Waals surface area (Å²) in [6.07, 6.45) is 0. The van der Waals surface area contributed by atoms with E-state index in [0.29, 0.717) is 0 Å². The van der Waals surface area contributed by atoms with E-state index < -0.39 is 0 Å². The van der Waals surface area contributed by atoms with Gasteiger partial charge in [0.2, 0.25) is 0 Å². The van der Waals surface area contributed by atoms with Gasteiger partial charge in [-0.15, -0.1) is 0 Å². The van der Waals surface area contributed by atoms with Crippen LogP contribution in [0.3, 0.4) is 0 Å². The van der Waals surface area contributed by atoms with Crippen LogP contribution in [-0.2, 0) is 19.5 Å². The van der Waals surface area contributed by atoms with E-state index in [0.717, 1.165) is 0 Å². The van der Waals surface area contributed by atoms with E-state index in [1.807, 2.05) is 0 Å². The van der Waals surface area contributed by atoms with E-state index in [1.165, 1.54) is 0 Å². The summed E-state index contributed by atoms with van der Waals surface area (Å²) in [5.74, 6) is 0. The fourth-order valence-corrected chi connectivity index (χ4v) is 0. The van der Waals surface area contributed by atoms with Crippen molar-refractivity contribution in [3.8, 4) is 0 Å². The van der Waals surface area contributed by atoms with Crippen LogP contribution in [0, 0.1) is 12.4 Å². The fourth-order valence-electron chi connectivity index (χ4n) is 0. The average molecular weight is 343 g/mol. The van der Waals surface area contributed by atoms with Gasteiger partial charge < -0.3 is 50.9 Å². The molecule has 0 aliphatic heterocycles. The molecule has 0 saturated carbocycles. The quantitative estimate of drug-likeness (QED) is 0.384. The minimum absolute atomic E-state index is 0. The number of hydrogen-bond donors (Lipinski definition) is 0. The van der Waals surface area contributed by atoms with Crippen molar-refractivity contribution in [2.24, 2.45) is 0 Å². The Balaban J connectivity index is 0. The zero-order valence-electron chi connectivity index (χ0n) is 2.29. The molecule has 0 aromatic heterocycles. The molecule has 0 heterocycles. The first-order chi connectivity index (χ1) is 0. The van der Waals surface area contributed by atoms with Gasteiger partial charge in [0.05, 0.1) is 12.4 Å². The van der Waals surface area contributed by atoms with Crippen molar-refractivity contribution in [3.05, 3.63) is 0 Å². The summed E-state index contributed by atoms with van der Waals surface area (Å²) < 4.78 is 0. The van der Waals surface area contributed by atoms with Crippen LogP contribution < -0.4 is 50.9 Å². The van der Waals surface area contributed by atoms with Crippen LogP contribution in [0.1, 0.15) is 0 Å². The third kappa shape index (κ3) is 21.7. The van der Waals surface area contributed by atoms with E-state index in [9.17, 15) is 0 Å². The monoisotopic (exact) mass is 338 g/mol. The van der Waals surface area contributed by atoms with Crippen LogP contribution >= 0.6 is 0 Å². The summed E-state index contributed by atoms with van der Waals surface area (Å²) in [6, 6.07) is 0. The van der Waals surface area contributed by atoms with Crippen LogP contribution in [0.25, 0.3) is 0 Å². The molecule has 0 aliphatic rings. The molecule has 0 aromatic rings. The van der Waals surface area contributed by atoms with Crippen molar-refractivity contribution in [2.45, 2.75) is 0 Å². The summed E-state index contributed by atoms with van der Waals surface area (Å²) in [4.78, 5) is 0. The van der Waals surface area contributed by atoms with E-state index in [1.54, 1.807) is 0 Å². The van der Waals surface area contributed by atoms with Gasteiger partial charge in [-0.05, 0) is 0 Å². The van der Waals surface area contributed by atoms with Gasteiger partial charge in [-0.25, -0.2) is 0 Å². The molecule has 5 heavy (non-hydrogen) atoms. The fraction of sp³-hybridized carbons (Fsp3) is 0. The molecule has 0 radical (unpaired) electrons. The molecule has 0 aromatic carbocycles. The minimum Gasteiger partial charge on any atom is -1.00 e. The molecule has 0 aliphatic carbocycles. The molecule has 5 heteroatoms. The van der Waals surface area contributed by atoms with Crippen LogP contribution in [0.5, 0.6) is 0 Å². The van der Waals surface area contributed by atoms with Gasteiger partial charge in [0.1, 0.15) is 0 Å². The van der Waals surface area contributed by atoms with Gasteiger partial charge in [-0.3, -0.25) is 0 Å². The first-order valence-electron chi connectivity index (χ1n) is 0. The summed E-state index contributed by atoms with van der Waals surface area (Å²) in [5.41, 5.74) is 0. The second kappa shape index (κ2) is 32.9. The summed E-state index contributed by atoms with van der Waals surface area (Å²) >= 11 is 0. The third-order valence-corrected chi connectivity index (χ3v) is 0. The smallest absolute Gasteiger partial charge is 1.00 e. The second-order valence-electron chi connectivity index (χ2n) is 0. The topological polar surface area (TPSA) is 0 Å². The van der Waals surface area contributed by atoms with Gasteiger partial charge in [-0.1, -0.05) is 0 Å². The summed E-state index contributed by atoms with van der Waals surface area (Å²) in [5, 5.41) is 0. The predicted octanol–water partition coefficient (Wildman–Crippen LogP) is -9.53. The molecule has 0 nitrogen and oxygen atoms in total. The van der Waals surface area contributed by atoms with E-state index >= 15 is 0 Å².